The van der Waals surface area contributed by atoms with Crippen molar-refractivity contribution in [2.45, 2.75) is 52.0 Å². The van der Waals surface area contributed by atoms with Gasteiger partial charge in [0.1, 0.15) is 18.7 Å². The van der Waals surface area contributed by atoms with Crippen molar-refractivity contribution in [2.24, 2.45) is 11.7 Å². The number of esters is 1. The van der Waals surface area contributed by atoms with Crippen LogP contribution in [-0.2, 0) is 30.5 Å². The number of aliphatic hydroxyl groups is 1. The van der Waals surface area contributed by atoms with E-state index in [4.69, 9.17) is 15.2 Å². The van der Waals surface area contributed by atoms with E-state index in [-0.39, 0.29) is 19.6 Å². The van der Waals surface area contributed by atoms with E-state index in [0.29, 0.717) is 0 Å². The molecule has 0 aliphatic rings. The highest BCUT2D eigenvalue weighted by molar-refractivity contribution is 5.91. The van der Waals surface area contributed by atoms with Crippen LogP contribution in [0.15, 0.2) is 30.3 Å². The number of rotatable bonds is 11. The molecule has 166 valence electrons. The van der Waals surface area contributed by atoms with Crippen LogP contribution in [0.25, 0.3) is 0 Å². The maximum Gasteiger partial charge on any atom is 0.408 e. The maximum atomic E-state index is 12.5. The molecule has 3 amide bonds. The van der Waals surface area contributed by atoms with Gasteiger partial charge in [-0.2, -0.15) is 0 Å². The lowest BCUT2D eigenvalue weighted by Crippen LogP contribution is -2.57. The highest BCUT2D eigenvalue weighted by Gasteiger charge is 2.31. The molecule has 0 saturated carbocycles. The molecule has 0 aromatic heterocycles. The Morgan fingerprint density at radius 3 is 2.23 bits per heavy atom. The number of hydrogen-bond acceptors (Lipinski definition) is 7. The molecule has 0 radical (unpaired) electrons. The average Bonchev–Trinajstić information content (AvgIpc) is 2.70. The molecule has 10 heteroatoms. The van der Waals surface area contributed by atoms with Gasteiger partial charge in [-0.3, -0.25) is 14.4 Å². The summed E-state index contributed by atoms with van der Waals surface area (Å²) >= 11 is 0. The van der Waals surface area contributed by atoms with Gasteiger partial charge >= 0.3 is 12.1 Å². The molecule has 5 N–H and O–H groups in total. The second-order valence-electron chi connectivity index (χ2n) is 6.78. The lowest BCUT2D eigenvalue weighted by atomic mass is 10.0. The Morgan fingerprint density at radius 1 is 1.07 bits per heavy atom. The predicted octanol–water partition coefficient (Wildman–Crippen LogP) is 0.222. The molecule has 0 heterocycles. The lowest BCUT2D eigenvalue weighted by Gasteiger charge is -2.24. The number of carbonyl (C=O) groups is 4. The fourth-order valence-electron chi connectivity index (χ4n) is 2.54. The summed E-state index contributed by atoms with van der Waals surface area (Å²) in [5.41, 5.74) is 6.06. The van der Waals surface area contributed by atoms with E-state index in [2.05, 4.69) is 10.6 Å². The summed E-state index contributed by atoms with van der Waals surface area (Å²) in [4.78, 5) is 48.0. The third-order valence-corrected chi connectivity index (χ3v) is 4.19. The van der Waals surface area contributed by atoms with Crippen molar-refractivity contribution in [2.75, 3.05) is 6.61 Å². The Morgan fingerprint density at radius 2 is 1.70 bits per heavy atom. The van der Waals surface area contributed by atoms with Crippen LogP contribution in [0.4, 0.5) is 4.79 Å². The van der Waals surface area contributed by atoms with Gasteiger partial charge in [-0.15, -0.1) is 0 Å². The van der Waals surface area contributed by atoms with Crippen molar-refractivity contribution >= 4 is 23.9 Å². The molecule has 0 fully saturated rings. The van der Waals surface area contributed by atoms with Gasteiger partial charge in [0.2, 0.25) is 11.8 Å². The number of aliphatic hydroxyl groups excluding tert-OH is 1. The summed E-state index contributed by atoms with van der Waals surface area (Å²) in [5.74, 6) is -2.94. The first-order chi connectivity index (χ1) is 14.1. The third-order valence-electron chi connectivity index (χ3n) is 4.19. The number of hydrogen-bond donors (Lipinski definition) is 4. The monoisotopic (exact) mass is 423 g/mol. The molecule has 1 aromatic rings. The van der Waals surface area contributed by atoms with E-state index in [9.17, 15) is 24.3 Å². The van der Waals surface area contributed by atoms with Crippen molar-refractivity contribution in [3.8, 4) is 0 Å². The standard InChI is InChI=1S/C20H29N3O7/c1-4-29-19(27)12(2)10-15(17(21)25)22-18(26)16(13(3)24)23-20(28)30-11-14-8-6-5-7-9-14/h5-9,12-13,15-16,24H,4,10-11H2,1-3H3,(H2,21,25)(H,22,26)(H,23,28)/t12-,13+,15+,16-/m0/s1. The summed E-state index contributed by atoms with van der Waals surface area (Å²) in [6.07, 6.45) is -2.30. The van der Waals surface area contributed by atoms with Crippen LogP contribution in [0.1, 0.15) is 32.8 Å². The molecular weight excluding hydrogens is 394 g/mol. The predicted molar refractivity (Wildman–Crippen MR) is 107 cm³/mol. The number of benzene rings is 1. The summed E-state index contributed by atoms with van der Waals surface area (Å²) < 4.78 is 9.91. The van der Waals surface area contributed by atoms with E-state index in [0.717, 1.165) is 5.56 Å². The van der Waals surface area contributed by atoms with Crippen LogP contribution in [0.3, 0.4) is 0 Å². The van der Waals surface area contributed by atoms with E-state index >= 15 is 0 Å². The molecule has 0 aliphatic heterocycles. The minimum absolute atomic E-state index is 0.0260. The number of primary amides is 1. The summed E-state index contributed by atoms with van der Waals surface area (Å²) in [5, 5.41) is 14.5. The van der Waals surface area contributed by atoms with Crippen molar-refractivity contribution in [1.29, 1.82) is 0 Å². The van der Waals surface area contributed by atoms with Crippen molar-refractivity contribution in [3.05, 3.63) is 35.9 Å². The van der Waals surface area contributed by atoms with Gasteiger partial charge in [-0.05, 0) is 25.8 Å². The smallest absolute Gasteiger partial charge is 0.408 e. The van der Waals surface area contributed by atoms with Gasteiger partial charge in [0.15, 0.2) is 0 Å². The van der Waals surface area contributed by atoms with Gasteiger partial charge in [0.05, 0.1) is 18.6 Å². The first kappa shape index (κ1) is 24.9. The lowest BCUT2D eigenvalue weighted by molar-refractivity contribution is -0.148. The van der Waals surface area contributed by atoms with Crippen LogP contribution in [-0.4, -0.2) is 53.8 Å². The van der Waals surface area contributed by atoms with Gasteiger partial charge in [0.25, 0.3) is 0 Å². The zero-order valence-electron chi connectivity index (χ0n) is 17.3. The average molecular weight is 423 g/mol. The van der Waals surface area contributed by atoms with E-state index in [1.165, 1.54) is 13.8 Å². The van der Waals surface area contributed by atoms with Gasteiger partial charge in [-0.1, -0.05) is 37.3 Å². The number of alkyl carbamates (subject to hydrolysis) is 1. The minimum Gasteiger partial charge on any atom is -0.466 e. The quantitative estimate of drug-likeness (QED) is 0.371. The summed E-state index contributed by atoms with van der Waals surface area (Å²) in [6.45, 7) is 4.62. The van der Waals surface area contributed by atoms with Crippen LogP contribution in [0.2, 0.25) is 0 Å². The number of amides is 3. The number of ether oxygens (including phenoxy) is 2. The third kappa shape index (κ3) is 8.48. The van der Waals surface area contributed by atoms with E-state index in [1.54, 1.807) is 31.2 Å². The molecule has 1 aromatic carbocycles. The normalized spacial score (nSPS) is 14.5. The van der Waals surface area contributed by atoms with Crippen LogP contribution in [0.5, 0.6) is 0 Å². The van der Waals surface area contributed by atoms with Crippen LogP contribution >= 0.6 is 0 Å². The Labute approximate surface area is 175 Å². The van der Waals surface area contributed by atoms with Crippen molar-refractivity contribution in [1.82, 2.24) is 10.6 Å². The fraction of sp³-hybridized carbons (Fsp3) is 0.500. The topological polar surface area (TPSA) is 157 Å². The molecule has 30 heavy (non-hydrogen) atoms. The molecule has 1 rings (SSSR count). The van der Waals surface area contributed by atoms with Crippen LogP contribution < -0.4 is 16.4 Å². The molecule has 0 saturated heterocycles. The fourth-order valence-corrected chi connectivity index (χ4v) is 2.54. The summed E-state index contributed by atoms with van der Waals surface area (Å²) in [7, 11) is 0. The number of nitrogens with one attached hydrogen (secondary N) is 2. The molecule has 10 nitrogen and oxygen atoms in total. The van der Waals surface area contributed by atoms with E-state index in [1.807, 2.05) is 6.07 Å². The highest BCUT2D eigenvalue weighted by atomic mass is 16.5. The second kappa shape index (κ2) is 12.4. The Hall–Kier alpha value is -3.14. The Bertz CT molecular complexity index is 724. The highest BCUT2D eigenvalue weighted by Crippen LogP contribution is 2.09. The minimum atomic E-state index is -1.40. The molecule has 4 atom stereocenters. The number of nitrogens with two attached hydrogens (primary N) is 1. The van der Waals surface area contributed by atoms with Gasteiger partial charge in [-0.25, -0.2) is 4.79 Å². The first-order valence-corrected chi connectivity index (χ1v) is 9.57. The SMILES string of the molecule is CCOC(=O)[C@@H](C)C[C@@H](NC(=O)[C@@H](NC(=O)OCc1ccccc1)[C@@H](C)O)C(N)=O. The molecule has 0 spiro atoms. The zero-order chi connectivity index (χ0) is 22.7. The molecular formula is C20H29N3O7. The Kier molecular flexibility index (Phi) is 10.3. The number of carbonyl (C=O) groups excluding carboxylic acids is 4. The molecule has 0 aliphatic carbocycles. The zero-order valence-corrected chi connectivity index (χ0v) is 17.3. The van der Waals surface area contributed by atoms with Gasteiger partial charge < -0.3 is 30.9 Å². The van der Waals surface area contributed by atoms with Crippen molar-refractivity contribution < 1.29 is 33.8 Å². The molecule has 0 unspecified atom stereocenters. The Balaban J connectivity index is 2.70. The van der Waals surface area contributed by atoms with Crippen molar-refractivity contribution in [3.63, 3.8) is 0 Å². The molecule has 0 bridgehead atoms. The van der Waals surface area contributed by atoms with Gasteiger partial charge in [0, 0.05) is 0 Å². The summed E-state index contributed by atoms with van der Waals surface area (Å²) in [6, 6.07) is 6.31. The van der Waals surface area contributed by atoms with Crippen LogP contribution in [0, 0.1) is 5.92 Å². The largest absolute Gasteiger partial charge is 0.466 e. The first-order valence-electron chi connectivity index (χ1n) is 9.57. The second-order valence-corrected chi connectivity index (χ2v) is 6.78. The van der Waals surface area contributed by atoms with E-state index < -0.39 is 48.0 Å². The maximum absolute atomic E-state index is 12.5.